The van der Waals surface area contributed by atoms with E-state index in [0.29, 0.717) is 30.0 Å². The molecular formula is C23H28N2O4. The van der Waals surface area contributed by atoms with Crippen LogP contribution in [0.15, 0.2) is 47.4 Å². The fourth-order valence-electron chi connectivity index (χ4n) is 4.64. The number of hydrogen-bond acceptors (Lipinski definition) is 6. The van der Waals surface area contributed by atoms with E-state index >= 15 is 0 Å². The summed E-state index contributed by atoms with van der Waals surface area (Å²) in [7, 11) is 0. The summed E-state index contributed by atoms with van der Waals surface area (Å²) in [5.74, 6) is -1.19. The van der Waals surface area contributed by atoms with Crippen LogP contribution < -0.4 is 5.32 Å². The lowest BCUT2D eigenvalue weighted by atomic mass is 9.67. The van der Waals surface area contributed by atoms with Crippen molar-refractivity contribution in [2.45, 2.75) is 52.1 Å². The molecule has 1 aromatic rings. The molecule has 1 aliphatic carbocycles. The molecule has 4 rings (SSSR count). The van der Waals surface area contributed by atoms with Gasteiger partial charge in [0.2, 0.25) is 0 Å². The third-order valence-corrected chi connectivity index (χ3v) is 5.89. The lowest BCUT2D eigenvalue weighted by Crippen LogP contribution is -2.44. The van der Waals surface area contributed by atoms with Crippen molar-refractivity contribution in [2.24, 2.45) is 11.3 Å². The molecule has 0 radical (unpaired) electrons. The molecule has 0 aromatic carbocycles. The number of ketones is 1. The van der Waals surface area contributed by atoms with Crippen molar-refractivity contribution in [3.05, 3.63) is 53.1 Å². The second kappa shape index (κ2) is 7.75. The summed E-state index contributed by atoms with van der Waals surface area (Å²) in [5, 5.41) is 3.32. The molecule has 154 valence electrons. The molecule has 3 atom stereocenters. The van der Waals surface area contributed by atoms with E-state index in [1.807, 2.05) is 25.1 Å². The number of ether oxygens (including phenoxy) is 2. The molecule has 0 bridgehead atoms. The number of aromatic nitrogens is 1. The van der Waals surface area contributed by atoms with Crippen LogP contribution in [0.4, 0.5) is 0 Å². The van der Waals surface area contributed by atoms with Crippen molar-refractivity contribution in [1.29, 1.82) is 0 Å². The number of hydrogen-bond donors (Lipinski definition) is 1. The Morgan fingerprint density at radius 3 is 2.86 bits per heavy atom. The van der Waals surface area contributed by atoms with Crippen LogP contribution in [0.1, 0.15) is 51.6 Å². The highest BCUT2D eigenvalue weighted by atomic mass is 16.6. The molecule has 1 fully saturated rings. The number of nitrogens with one attached hydrogen (secondary N) is 1. The van der Waals surface area contributed by atoms with E-state index in [4.69, 9.17) is 9.47 Å². The van der Waals surface area contributed by atoms with Gasteiger partial charge in [-0.2, -0.15) is 0 Å². The molecule has 3 unspecified atom stereocenters. The molecule has 0 spiro atoms. The molecule has 6 heteroatoms. The summed E-state index contributed by atoms with van der Waals surface area (Å²) >= 11 is 0. The quantitative estimate of drug-likeness (QED) is 0.787. The highest BCUT2D eigenvalue weighted by molar-refractivity contribution is 5.96. The molecule has 6 nitrogen and oxygen atoms in total. The number of rotatable bonds is 4. The highest BCUT2D eigenvalue weighted by Crippen LogP contribution is 2.46. The van der Waals surface area contributed by atoms with Gasteiger partial charge in [-0.3, -0.25) is 9.78 Å². The lowest BCUT2D eigenvalue weighted by molar-refractivity contribution is -0.143. The standard InChI is InChI=1S/C23H28N2O4/c1-14-19(22(27)29-13-15-7-6-10-28-15)21(16-8-4-5-9-24-16)20-17(25-14)11-23(2,3)12-18(20)26/h4-5,8-9,11,15,20-21,25H,6-7,10,12-13H2,1-3H3. The topological polar surface area (TPSA) is 77.5 Å². The average Bonchev–Trinajstić information content (AvgIpc) is 3.18. The molecule has 3 heterocycles. The summed E-state index contributed by atoms with van der Waals surface area (Å²) in [6.45, 7) is 6.91. The molecule has 0 saturated carbocycles. The van der Waals surface area contributed by atoms with Gasteiger partial charge in [0.1, 0.15) is 12.4 Å². The van der Waals surface area contributed by atoms with E-state index in [0.717, 1.165) is 18.5 Å². The van der Waals surface area contributed by atoms with Gasteiger partial charge in [-0.25, -0.2) is 4.79 Å². The molecular weight excluding hydrogens is 368 g/mol. The van der Waals surface area contributed by atoms with Crippen LogP contribution in [0.3, 0.4) is 0 Å². The van der Waals surface area contributed by atoms with Gasteiger partial charge in [0.25, 0.3) is 0 Å². The van der Waals surface area contributed by atoms with Gasteiger partial charge in [-0.05, 0) is 37.3 Å². The summed E-state index contributed by atoms with van der Waals surface area (Å²) < 4.78 is 11.2. The number of fused-ring (bicyclic) bond motifs is 1. The normalized spacial score (nSPS) is 28.4. The van der Waals surface area contributed by atoms with Gasteiger partial charge in [0.15, 0.2) is 0 Å². The maximum absolute atomic E-state index is 13.2. The first-order valence-electron chi connectivity index (χ1n) is 10.3. The summed E-state index contributed by atoms with van der Waals surface area (Å²) in [6.07, 6.45) is 6.09. The van der Waals surface area contributed by atoms with Crippen LogP contribution in [-0.4, -0.2) is 36.1 Å². The fourth-order valence-corrected chi connectivity index (χ4v) is 4.64. The Balaban J connectivity index is 1.71. The van der Waals surface area contributed by atoms with E-state index in [1.54, 1.807) is 6.20 Å². The van der Waals surface area contributed by atoms with E-state index in [9.17, 15) is 9.59 Å². The van der Waals surface area contributed by atoms with Crippen molar-refractivity contribution in [3.63, 3.8) is 0 Å². The van der Waals surface area contributed by atoms with Crippen LogP contribution in [-0.2, 0) is 19.1 Å². The summed E-state index contributed by atoms with van der Waals surface area (Å²) in [6, 6.07) is 5.59. The van der Waals surface area contributed by atoms with Crippen molar-refractivity contribution in [1.82, 2.24) is 10.3 Å². The second-order valence-electron chi connectivity index (χ2n) is 8.84. The fraction of sp³-hybridized carbons (Fsp3) is 0.522. The summed E-state index contributed by atoms with van der Waals surface area (Å²) in [5.41, 5.74) is 2.54. The summed E-state index contributed by atoms with van der Waals surface area (Å²) in [4.78, 5) is 30.8. The van der Waals surface area contributed by atoms with E-state index in [-0.39, 0.29) is 23.9 Å². The zero-order valence-electron chi connectivity index (χ0n) is 17.2. The average molecular weight is 396 g/mol. The lowest BCUT2D eigenvalue weighted by Gasteiger charge is -2.41. The Bertz CT molecular complexity index is 866. The van der Waals surface area contributed by atoms with E-state index in [2.05, 4.69) is 30.2 Å². The predicted molar refractivity (Wildman–Crippen MR) is 108 cm³/mol. The minimum absolute atomic E-state index is 0.0442. The van der Waals surface area contributed by atoms with Crippen molar-refractivity contribution in [2.75, 3.05) is 13.2 Å². The van der Waals surface area contributed by atoms with Gasteiger partial charge in [0, 0.05) is 36.3 Å². The number of Topliss-reactive ketones (excluding diaryl/α,β-unsaturated/α-hetero) is 1. The Morgan fingerprint density at radius 2 is 2.17 bits per heavy atom. The first-order valence-corrected chi connectivity index (χ1v) is 10.3. The zero-order chi connectivity index (χ0) is 20.6. The molecule has 1 aromatic heterocycles. The highest BCUT2D eigenvalue weighted by Gasteiger charge is 2.46. The third-order valence-electron chi connectivity index (χ3n) is 5.89. The number of nitrogens with zero attached hydrogens (tertiary/aromatic N) is 1. The van der Waals surface area contributed by atoms with Gasteiger partial charge < -0.3 is 14.8 Å². The molecule has 0 amide bonds. The van der Waals surface area contributed by atoms with Crippen LogP contribution in [0.2, 0.25) is 0 Å². The van der Waals surface area contributed by atoms with Crippen molar-refractivity contribution in [3.8, 4) is 0 Å². The molecule has 1 saturated heterocycles. The minimum Gasteiger partial charge on any atom is -0.460 e. The van der Waals surface area contributed by atoms with E-state index < -0.39 is 17.8 Å². The molecule has 3 aliphatic rings. The zero-order valence-corrected chi connectivity index (χ0v) is 17.2. The minimum atomic E-state index is -0.454. The first kappa shape index (κ1) is 19.8. The first-order chi connectivity index (χ1) is 13.9. The molecule has 1 N–H and O–H groups in total. The van der Waals surface area contributed by atoms with Gasteiger partial charge in [0.05, 0.1) is 23.5 Å². The third kappa shape index (κ3) is 3.99. The maximum Gasteiger partial charge on any atom is 0.336 e. The Kier molecular flexibility index (Phi) is 5.30. The molecule has 2 aliphatic heterocycles. The van der Waals surface area contributed by atoms with Gasteiger partial charge in [-0.15, -0.1) is 0 Å². The number of carbonyl (C=O) groups excluding carboxylic acids is 2. The monoisotopic (exact) mass is 396 g/mol. The Morgan fingerprint density at radius 1 is 1.34 bits per heavy atom. The van der Waals surface area contributed by atoms with Crippen LogP contribution in [0.25, 0.3) is 0 Å². The van der Waals surface area contributed by atoms with Crippen molar-refractivity contribution >= 4 is 11.8 Å². The largest absolute Gasteiger partial charge is 0.460 e. The Hall–Kier alpha value is -2.47. The number of pyridine rings is 1. The maximum atomic E-state index is 13.2. The Labute approximate surface area is 171 Å². The number of allylic oxidation sites excluding steroid dienone is 3. The number of esters is 1. The van der Waals surface area contributed by atoms with Crippen LogP contribution in [0, 0.1) is 11.3 Å². The van der Waals surface area contributed by atoms with Gasteiger partial charge in [-0.1, -0.05) is 26.0 Å². The molecule has 29 heavy (non-hydrogen) atoms. The SMILES string of the molecule is CC1=C(C(=O)OCC2CCCO2)C(c2ccccn2)C2C(=O)CC(C)(C)C=C2N1. The predicted octanol–water partition coefficient (Wildman–Crippen LogP) is 3.26. The van der Waals surface area contributed by atoms with E-state index in [1.165, 1.54) is 0 Å². The number of carbonyl (C=O) groups is 2. The van der Waals surface area contributed by atoms with Crippen LogP contribution in [0.5, 0.6) is 0 Å². The van der Waals surface area contributed by atoms with Crippen molar-refractivity contribution < 1.29 is 19.1 Å². The second-order valence-corrected chi connectivity index (χ2v) is 8.84. The van der Waals surface area contributed by atoms with Crippen LogP contribution >= 0.6 is 0 Å². The smallest absolute Gasteiger partial charge is 0.336 e. The van der Waals surface area contributed by atoms with Gasteiger partial charge >= 0.3 is 5.97 Å².